The van der Waals surface area contributed by atoms with Gasteiger partial charge in [-0.2, -0.15) is 9.78 Å². The van der Waals surface area contributed by atoms with Gasteiger partial charge in [0.15, 0.2) is 0 Å². The third-order valence-corrected chi connectivity index (χ3v) is 5.48. The lowest BCUT2D eigenvalue weighted by Gasteiger charge is -2.12. The van der Waals surface area contributed by atoms with Gasteiger partial charge >= 0.3 is 0 Å². The molecule has 0 saturated heterocycles. The molecular formula is C26H28N4O2. The van der Waals surface area contributed by atoms with Crippen LogP contribution in [-0.2, 0) is 13.0 Å². The Morgan fingerprint density at radius 1 is 0.969 bits per heavy atom. The Morgan fingerprint density at radius 2 is 1.72 bits per heavy atom. The first-order chi connectivity index (χ1) is 15.6. The van der Waals surface area contributed by atoms with Gasteiger partial charge in [-0.15, -0.1) is 0 Å². The number of pyridine rings is 1. The summed E-state index contributed by atoms with van der Waals surface area (Å²) in [5.74, 6) is -0.278. The standard InChI is InChI=1S/C26H28N4O2/c1-3-5-9-19-12-14-20(15-13-19)27-25(31)22-17-29(16-4-2)18-23-24(22)28-30(26(23)32)21-10-7-6-8-11-21/h6-8,10-15,17-18H,3-5,9,16H2,1-2H3,(H,27,31). The summed E-state index contributed by atoms with van der Waals surface area (Å²) in [7, 11) is 0. The summed E-state index contributed by atoms with van der Waals surface area (Å²) in [5, 5.41) is 7.49. The molecule has 0 aromatic heterocycles. The fourth-order valence-electron chi connectivity index (χ4n) is 3.79. The number of hydrogen-bond acceptors (Lipinski definition) is 3. The number of hydrogen-bond donors (Lipinski definition) is 1. The molecule has 2 aromatic rings. The fraction of sp³-hybridized carbons (Fsp3) is 0.269. The summed E-state index contributed by atoms with van der Waals surface area (Å²) in [6.07, 6.45) is 7.78. The number of aryl methyl sites for hydroxylation is 2. The van der Waals surface area contributed by atoms with E-state index in [0.717, 1.165) is 31.4 Å². The second-order valence-electron chi connectivity index (χ2n) is 7.98. The van der Waals surface area contributed by atoms with Crippen molar-refractivity contribution in [2.45, 2.75) is 46.1 Å². The first kappa shape index (κ1) is 21.6. The average Bonchev–Trinajstić information content (AvgIpc) is 3.15. The second kappa shape index (κ2) is 9.64. The first-order valence-electron chi connectivity index (χ1n) is 11.2. The maximum atomic E-state index is 13.2. The lowest BCUT2D eigenvalue weighted by atomic mass is 10.1. The van der Waals surface area contributed by atoms with Gasteiger partial charge in [0.1, 0.15) is 5.69 Å². The van der Waals surface area contributed by atoms with Crippen LogP contribution in [0.15, 0.2) is 71.8 Å². The maximum absolute atomic E-state index is 13.2. The van der Waals surface area contributed by atoms with Crippen molar-refractivity contribution < 1.29 is 4.79 Å². The quantitative estimate of drug-likeness (QED) is 0.422. The molecule has 2 aliphatic rings. The summed E-state index contributed by atoms with van der Waals surface area (Å²) in [6.45, 7) is 4.94. The van der Waals surface area contributed by atoms with Crippen LogP contribution in [0.1, 0.15) is 49.0 Å². The molecule has 2 aromatic carbocycles. The molecule has 164 valence electrons. The number of rotatable bonds is 8. The number of amides is 1. The number of unbranched alkanes of at least 4 members (excludes halogenated alkanes) is 1. The Bertz CT molecular complexity index is 1220. The monoisotopic (exact) mass is 428 g/mol. The van der Waals surface area contributed by atoms with Crippen LogP contribution < -0.4 is 10.9 Å². The van der Waals surface area contributed by atoms with Crippen molar-refractivity contribution in [2.75, 3.05) is 5.32 Å². The lowest BCUT2D eigenvalue weighted by Crippen LogP contribution is -2.17. The van der Waals surface area contributed by atoms with Crippen LogP contribution in [0.3, 0.4) is 0 Å². The molecule has 1 N–H and O–H groups in total. The zero-order valence-corrected chi connectivity index (χ0v) is 18.5. The summed E-state index contributed by atoms with van der Waals surface area (Å²) in [5.41, 5.74) is 3.64. The Morgan fingerprint density at radius 3 is 2.41 bits per heavy atom. The Hall–Kier alpha value is -3.67. The number of nitrogens with one attached hydrogen (secondary N) is 1. The highest BCUT2D eigenvalue weighted by Crippen LogP contribution is 2.24. The molecule has 2 aliphatic heterocycles. The predicted octanol–water partition coefficient (Wildman–Crippen LogP) is 5.14. The smallest absolute Gasteiger partial charge is 0.282 e. The Balaban J connectivity index is 1.70. The van der Waals surface area contributed by atoms with Gasteiger partial charge in [-0.3, -0.25) is 9.59 Å². The largest absolute Gasteiger partial charge is 0.353 e. The molecule has 6 nitrogen and oxygen atoms in total. The molecule has 0 atom stereocenters. The van der Waals surface area contributed by atoms with Gasteiger partial charge in [-0.1, -0.05) is 50.6 Å². The molecule has 0 unspecified atom stereocenters. The normalized spacial score (nSPS) is 11.1. The van der Waals surface area contributed by atoms with Crippen LogP contribution in [0.5, 0.6) is 0 Å². The van der Waals surface area contributed by atoms with E-state index < -0.39 is 0 Å². The molecule has 0 radical (unpaired) electrons. The summed E-state index contributed by atoms with van der Waals surface area (Å²) >= 11 is 0. The zero-order chi connectivity index (χ0) is 22.5. The SMILES string of the molecule is CCCCc1ccc(NC(=O)c2cn(CCC)cc3c(=O)n(-c4ccccc4)nc2-3)cc1. The van der Waals surface area contributed by atoms with Crippen LogP contribution >= 0.6 is 0 Å². The van der Waals surface area contributed by atoms with E-state index in [9.17, 15) is 9.59 Å². The Kier molecular flexibility index (Phi) is 6.50. The van der Waals surface area contributed by atoms with E-state index >= 15 is 0 Å². The molecule has 0 fully saturated rings. The number of para-hydroxylation sites is 1. The molecule has 4 rings (SSSR count). The van der Waals surface area contributed by atoms with Gasteiger partial charge in [0.2, 0.25) is 0 Å². The van der Waals surface area contributed by atoms with Crippen molar-refractivity contribution in [1.29, 1.82) is 0 Å². The summed E-state index contributed by atoms with van der Waals surface area (Å²) in [4.78, 5) is 26.3. The van der Waals surface area contributed by atoms with Gasteiger partial charge in [0.05, 0.1) is 16.8 Å². The highest BCUT2D eigenvalue weighted by molar-refractivity contribution is 6.08. The van der Waals surface area contributed by atoms with Crippen molar-refractivity contribution in [3.05, 3.63) is 88.5 Å². The molecule has 32 heavy (non-hydrogen) atoms. The lowest BCUT2D eigenvalue weighted by molar-refractivity contribution is 0.102. The molecule has 2 heterocycles. The third-order valence-electron chi connectivity index (χ3n) is 5.48. The number of fused-ring (bicyclic) bond motifs is 1. The van der Waals surface area contributed by atoms with Gasteiger partial charge in [0.25, 0.3) is 11.5 Å². The summed E-state index contributed by atoms with van der Waals surface area (Å²) in [6, 6.07) is 17.2. The van der Waals surface area contributed by atoms with Crippen LogP contribution in [0.25, 0.3) is 16.9 Å². The number of carbonyl (C=O) groups is 1. The minimum atomic E-state index is -0.278. The topological polar surface area (TPSA) is 68.9 Å². The van der Waals surface area contributed by atoms with Crippen molar-refractivity contribution in [2.24, 2.45) is 0 Å². The van der Waals surface area contributed by atoms with Crippen LogP contribution in [-0.4, -0.2) is 20.3 Å². The molecule has 0 saturated carbocycles. The number of benzene rings is 2. The van der Waals surface area contributed by atoms with E-state index in [1.54, 1.807) is 12.4 Å². The van der Waals surface area contributed by atoms with E-state index in [1.165, 1.54) is 10.2 Å². The van der Waals surface area contributed by atoms with Gasteiger partial charge in [-0.25, -0.2) is 0 Å². The van der Waals surface area contributed by atoms with Gasteiger partial charge in [-0.05, 0) is 49.1 Å². The number of aromatic nitrogens is 3. The summed E-state index contributed by atoms with van der Waals surface area (Å²) < 4.78 is 3.25. The molecule has 0 bridgehead atoms. The van der Waals surface area contributed by atoms with E-state index in [-0.39, 0.29) is 11.5 Å². The highest BCUT2D eigenvalue weighted by Gasteiger charge is 2.24. The van der Waals surface area contributed by atoms with E-state index in [4.69, 9.17) is 0 Å². The molecule has 1 amide bonds. The van der Waals surface area contributed by atoms with Crippen LogP contribution in [0, 0.1) is 0 Å². The van der Waals surface area contributed by atoms with Crippen molar-refractivity contribution in [3.8, 4) is 16.9 Å². The maximum Gasteiger partial charge on any atom is 0.282 e. The minimum absolute atomic E-state index is 0.231. The van der Waals surface area contributed by atoms with Crippen molar-refractivity contribution in [3.63, 3.8) is 0 Å². The molecule has 6 heteroatoms. The minimum Gasteiger partial charge on any atom is -0.353 e. The van der Waals surface area contributed by atoms with E-state index in [2.05, 4.69) is 24.3 Å². The number of carbonyl (C=O) groups excluding carboxylic acids is 1. The van der Waals surface area contributed by atoms with Crippen LogP contribution in [0.2, 0.25) is 0 Å². The van der Waals surface area contributed by atoms with Crippen LogP contribution in [0.4, 0.5) is 5.69 Å². The van der Waals surface area contributed by atoms with Crippen molar-refractivity contribution in [1.82, 2.24) is 14.3 Å². The first-order valence-corrected chi connectivity index (χ1v) is 11.2. The predicted molar refractivity (Wildman–Crippen MR) is 128 cm³/mol. The van der Waals surface area contributed by atoms with E-state index in [1.807, 2.05) is 59.2 Å². The Labute approximate surface area is 187 Å². The average molecular weight is 429 g/mol. The van der Waals surface area contributed by atoms with Crippen molar-refractivity contribution >= 4 is 11.6 Å². The zero-order valence-electron chi connectivity index (χ0n) is 18.5. The number of anilines is 1. The molecule has 0 aliphatic carbocycles. The van der Waals surface area contributed by atoms with E-state index in [0.29, 0.717) is 29.1 Å². The second-order valence-corrected chi connectivity index (χ2v) is 7.98. The third kappa shape index (κ3) is 4.49. The number of nitrogens with zero attached hydrogens (tertiary/aromatic N) is 3. The highest BCUT2D eigenvalue weighted by atomic mass is 16.2. The van der Waals surface area contributed by atoms with Gasteiger partial charge in [0, 0.05) is 24.6 Å². The molecular weight excluding hydrogens is 400 g/mol. The fourth-order valence-corrected chi connectivity index (χ4v) is 3.79. The van der Waals surface area contributed by atoms with Gasteiger partial charge < -0.3 is 9.88 Å². The molecule has 0 spiro atoms.